The summed E-state index contributed by atoms with van der Waals surface area (Å²) < 4.78 is 22.9. The fraction of sp³-hybridized carbons (Fsp3) is 1.00. The lowest BCUT2D eigenvalue weighted by Crippen LogP contribution is -2.34. The van der Waals surface area contributed by atoms with E-state index in [1.807, 2.05) is 0 Å². The molecule has 2 saturated heterocycles. The van der Waals surface area contributed by atoms with Gasteiger partial charge in [-0.1, -0.05) is 13.8 Å². The van der Waals surface area contributed by atoms with E-state index in [0.717, 1.165) is 26.1 Å². The average Bonchev–Trinajstić information content (AvgIpc) is 2.86. The van der Waals surface area contributed by atoms with E-state index in [0.29, 0.717) is 13.2 Å². The van der Waals surface area contributed by atoms with Crippen LogP contribution < -0.4 is 0 Å². The Morgan fingerprint density at radius 3 is 1.69 bits per heavy atom. The van der Waals surface area contributed by atoms with Gasteiger partial charge >= 0.3 is 0 Å². The van der Waals surface area contributed by atoms with Gasteiger partial charge in [0.05, 0.1) is 13.2 Å². The lowest BCUT2D eigenvalue weighted by molar-refractivity contribution is -0.0499. The van der Waals surface area contributed by atoms with Gasteiger partial charge in [-0.2, -0.15) is 0 Å². The minimum atomic E-state index is 0.0772. The first kappa shape index (κ1) is 12.3. The number of rotatable bonds is 6. The summed E-state index contributed by atoms with van der Waals surface area (Å²) >= 11 is 0. The maximum Gasteiger partial charge on any atom is 0.115 e. The van der Waals surface area contributed by atoms with Gasteiger partial charge in [0.15, 0.2) is 0 Å². The van der Waals surface area contributed by atoms with Gasteiger partial charge in [0.1, 0.15) is 24.4 Å². The molecule has 0 spiro atoms. The molecule has 2 fully saturated rings. The molecule has 0 saturated carbocycles. The second-order valence-electron chi connectivity index (χ2n) is 4.41. The smallest absolute Gasteiger partial charge is 0.115 e. The van der Waals surface area contributed by atoms with Crippen LogP contribution in [0.4, 0.5) is 0 Å². The predicted molar refractivity (Wildman–Crippen MR) is 59.5 cm³/mol. The largest absolute Gasteiger partial charge is 0.373 e. The Kier molecular flexibility index (Phi) is 4.58. The summed E-state index contributed by atoms with van der Waals surface area (Å²) in [5, 5.41) is 0. The van der Waals surface area contributed by atoms with Crippen molar-refractivity contribution in [1.82, 2.24) is 0 Å². The van der Waals surface area contributed by atoms with Crippen LogP contribution in [-0.2, 0) is 18.9 Å². The van der Waals surface area contributed by atoms with Crippen molar-refractivity contribution in [2.75, 3.05) is 26.4 Å². The van der Waals surface area contributed by atoms with Crippen molar-refractivity contribution in [3.05, 3.63) is 0 Å². The minimum Gasteiger partial charge on any atom is -0.373 e. The highest BCUT2D eigenvalue weighted by atomic mass is 16.6. The molecule has 0 aromatic heterocycles. The summed E-state index contributed by atoms with van der Waals surface area (Å²) in [5.41, 5.74) is 0. The number of hydrogen-bond acceptors (Lipinski definition) is 4. The summed E-state index contributed by atoms with van der Waals surface area (Å²) in [4.78, 5) is 0. The van der Waals surface area contributed by atoms with Crippen LogP contribution in [0.25, 0.3) is 0 Å². The molecule has 4 nitrogen and oxygen atoms in total. The van der Waals surface area contributed by atoms with E-state index in [2.05, 4.69) is 13.8 Å². The first-order chi connectivity index (χ1) is 7.86. The molecule has 0 aliphatic carbocycles. The van der Waals surface area contributed by atoms with E-state index in [4.69, 9.17) is 18.9 Å². The van der Waals surface area contributed by atoms with Crippen molar-refractivity contribution in [3.8, 4) is 0 Å². The molecule has 0 aromatic carbocycles. The van der Waals surface area contributed by atoms with Gasteiger partial charge in [-0.05, 0) is 12.8 Å². The van der Waals surface area contributed by atoms with Gasteiger partial charge in [0.25, 0.3) is 0 Å². The van der Waals surface area contributed by atoms with Crippen LogP contribution in [-0.4, -0.2) is 50.8 Å². The summed E-state index contributed by atoms with van der Waals surface area (Å²) in [7, 11) is 0. The normalized spacial score (nSPS) is 37.9. The molecule has 0 N–H and O–H groups in total. The minimum absolute atomic E-state index is 0.0772. The SMILES string of the molecule is CCCO[C@H]1COC2C1OC[C@@H]2OCCC. The number of hydrogen-bond donors (Lipinski definition) is 0. The Morgan fingerprint density at radius 1 is 0.875 bits per heavy atom. The highest BCUT2D eigenvalue weighted by Crippen LogP contribution is 2.30. The van der Waals surface area contributed by atoms with Crippen molar-refractivity contribution >= 4 is 0 Å². The van der Waals surface area contributed by atoms with Crippen molar-refractivity contribution in [1.29, 1.82) is 0 Å². The predicted octanol–water partition coefficient (Wildman–Crippen LogP) is 1.37. The molecule has 2 rings (SSSR count). The number of fused-ring (bicyclic) bond motifs is 1. The lowest BCUT2D eigenvalue weighted by Gasteiger charge is -2.17. The van der Waals surface area contributed by atoms with E-state index in [1.54, 1.807) is 0 Å². The van der Waals surface area contributed by atoms with Crippen LogP contribution in [0.5, 0.6) is 0 Å². The topological polar surface area (TPSA) is 36.9 Å². The van der Waals surface area contributed by atoms with Crippen molar-refractivity contribution in [2.45, 2.75) is 51.1 Å². The van der Waals surface area contributed by atoms with Crippen molar-refractivity contribution in [2.24, 2.45) is 0 Å². The molecule has 0 aromatic rings. The van der Waals surface area contributed by atoms with Crippen LogP contribution >= 0.6 is 0 Å². The van der Waals surface area contributed by atoms with Gasteiger partial charge in [-0.15, -0.1) is 0 Å². The molecular formula is C12H22O4. The third-order valence-corrected chi connectivity index (χ3v) is 3.03. The van der Waals surface area contributed by atoms with Crippen LogP contribution in [0.2, 0.25) is 0 Å². The second-order valence-corrected chi connectivity index (χ2v) is 4.41. The summed E-state index contributed by atoms with van der Waals surface area (Å²) in [5.74, 6) is 0. The van der Waals surface area contributed by atoms with Crippen molar-refractivity contribution < 1.29 is 18.9 Å². The molecule has 2 aliphatic rings. The lowest BCUT2D eigenvalue weighted by atomic mass is 10.1. The Labute approximate surface area is 97.2 Å². The Balaban J connectivity index is 1.80. The molecule has 2 aliphatic heterocycles. The zero-order valence-corrected chi connectivity index (χ0v) is 10.2. The molecule has 16 heavy (non-hydrogen) atoms. The maximum atomic E-state index is 5.72. The van der Waals surface area contributed by atoms with Gasteiger partial charge < -0.3 is 18.9 Å². The van der Waals surface area contributed by atoms with Crippen LogP contribution in [0.3, 0.4) is 0 Å². The molecule has 0 amide bonds. The monoisotopic (exact) mass is 230 g/mol. The quantitative estimate of drug-likeness (QED) is 0.690. The van der Waals surface area contributed by atoms with Crippen LogP contribution in [0, 0.1) is 0 Å². The molecule has 94 valence electrons. The fourth-order valence-corrected chi connectivity index (χ4v) is 2.25. The molecule has 2 unspecified atom stereocenters. The van der Waals surface area contributed by atoms with E-state index in [-0.39, 0.29) is 24.4 Å². The molecule has 4 atom stereocenters. The first-order valence-corrected chi connectivity index (χ1v) is 6.33. The summed E-state index contributed by atoms with van der Waals surface area (Å²) in [6.07, 6.45) is 2.41. The van der Waals surface area contributed by atoms with E-state index >= 15 is 0 Å². The zero-order valence-electron chi connectivity index (χ0n) is 10.2. The average molecular weight is 230 g/mol. The van der Waals surface area contributed by atoms with Gasteiger partial charge in [0, 0.05) is 13.2 Å². The molecule has 4 heteroatoms. The summed E-state index contributed by atoms with van der Waals surface area (Å²) in [6, 6.07) is 0. The fourth-order valence-electron chi connectivity index (χ4n) is 2.25. The maximum absolute atomic E-state index is 5.72. The zero-order chi connectivity index (χ0) is 11.4. The van der Waals surface area contributed by atoms with Gasteiger partial charge in [-0.25, -0.2) is 0 Å². The van der Waals surface area contributed by atoms with Gasteiger partial charge in [0.2, 0.25) is 0 Å². The third kappa shape index (κ3) is 2.56. The highest BCUT2D eigenvalue weighted by Gasteiger charge is 2.48. The standard InChI is InChI=1S/C12H22O4/c1-3-5-13-9-7-15-12-10(14-6-4-2)8-16-11(9)12/h9-12H,3-8H2,1-2H3/t9-,10-,11?,12?/m0/s1. The third-order valence-electron chi connectivity index (χ3n) is 3.03. The summed E-state index contributed by atoms with van der Waals surface area (Å²) in [6.45, 7) is 7.05. The first-order valence-electron chi connectivity index (χ1n) is 6.33. The van der Waals surface area contributed by atoms with Crippen molar-refractivity contribution in [3.63, 3.8) is 0 Å². The second kappa shape index (κ2) is 5.96. The highest BCUT2D eigenvalue weighted by molar-refractivity contribution is 4.95. The molecule has 0 bridgehead atoms. The Bertz CT molecular complexity index is 187. The van der Waals surface area contributed by atoms with Gasteiger partial charge in [-0.3, -0.25) is 0 Å². The van der Waals surface area contributed by atoms with Crippen LogP contribution in [0.15, 0.2) is 0 Å². The van der Waals surface area contributed by atoms with Crippen LogP contribution in [0.1, 0.15) is 26.7 Å². The molecule has 0 radical (unpaired) electrons. The Morgan fingerprint density at radius 2 is 1.31 bits per heavy atom. The van der Waals surface area contributed by atoms with E-state index < -0.39 is 0 Å². The Hall–Kier alpha value is -0.160. The molecule has 2 heterocycles. The molecular weight excluding hydrogens is 208 g/mol. The van der Waals surface area contributed by atoms with E-state index in [9.17, 15) is 0 Å². The number of ether oxygens (including phenoxy) is 4. The van der Waals surface area contributed by atoms with E-state index in [1.165, 1.54) is 0 Å².